The number of rotatable bonds is 5. The first-order chi connectivity index (χ1) is 7.53. The van der Waals surface area contributed by atoms with Crippen molar-refractivity contribution in [2.45, 2.75) is 24.3 Å². The molecule has 0 atom stereocenters. The Balaban J connectivity index is 2.16. The van der Waals surface area contributed by atoms with E-state index in [0.717, 1.165) is 12.8 Å². The average molecular weight is 310 g/mol. The molecule has 0 aromatic carbocycles. The van der Waals surface area contributed by atoms with E-state index >= 15 is 0 Å². The van der Waals surface area contributed by atoms with Crippen LogP contribution in [0.2, 0.25) is 0 Å². The summed E-state index contributed by atoms with van der Waals surface area (Å²) >= 11 is 3.02. The number of aliphatic hydroxyl groups excluding tert-OH is 1. The molecular formula is C9H12BrNO4S. The number of aliphatic hydroxyl groups is 1. The maximum Gasteiger partial charge on any atom is 0.244 e. The zero-order valence-corrected chi connectivity index (χ0v) is 10.8. The Morgan fingerprint density at radius 2 is 2.25 bits per heavy atom. The molecule has 0 amide bonds. The Morgan fingerprint density at radius 1 is 1.56 bits per heavy atom. The van der Waals surface area contributed by atoms with E-state index in [1.807, 2.05) is 0 Å². The topological polar surface area (TPSA) is 79.5 Å². The average Bonchev–Trinajstić information content (AvgIpc) is 2.98. The van der Waals surface area contributed by atoms with Crippen molar-refractivity contribution in [2.24, 2.45) is 5.92 Å². The third kappa shape index (κ3) is 2.65. The molecule has 0 bridgehead atoms. The second kappa shape index (κ2) is 4.48. The Morgan fingerprint density at radius 3 is 2.75 bits per heavy atom. The summed E-state index contributed by atoms with van der Waals surface area (Å²) in [6.07, 6.45) is 2.16. The monoisotopic (exact) mass is 309 g/mol. The van der Waals surface area contributed by atoms with Crippen LogP contribution < -0.4 is 4.72 Å². The molecular weight excluding hydrogens is 298 g/mol. The number of furan rings is 1. The SMILES string of the molecule is O=S(=O)(NCC1CC1)c1cc(CO)oc1Br. The van der Waals surface area contributed by atoms with Gasteiger partial charge in [0.2, 0.25) is 10.0 Å². The Bertz CT molecular complexity index is 478. The fraction of sp³-hybridized carbons (Fsp3) is 0.556. The summed E-state index contributed by atoms with van der Waals surface area (Å²) in [4.78, 5) is 0.0391. The van der Waals surface area contributed by atoms with E-state index < -0.39 is 10.0 Å². The normalized spacial score (nSPS) is 16.6. The highest BCUT2D eigenvalue weighted by atomic mass is 79.9. The van der Waals surface area contributed by atoms with E-state index in [2.05, 4.69) is 20.7 Å². The molecule has 0 aliphatic heterocycles. The molecule has 1 aromatic rings. The first-order valence-corrected chi connectivity index (χ1v) is 7.19. The van der Waals surface area contributed by atoms with Crippen LogP contribution >= 0.6 is 15.9 Å². The number of halogens is 1. The molecule has 1 heterocycles. The van der Waals surface area contributed by atoms with Gasteiger partial charge in [0.25, 0.3) is 0 Å². The fourth-order valence-corrected chi connectivity index (χ4v) is 3.40. The van der Waals surface area contributed by atoms with Crippen LogP contribution in [-0.2, 0) is 16.6 Å². The molecule has 1 aliphatic carbocycles. The highest BCUT2D eigenvalue weighted by Gasteiger charge is 2.27. The molecule has 90 valence electrons. The van der Waals surface area contributed by atoms with Crippen molar-refractivity contribution >= 4 is 26.0 Å². The number of hydrogen-bond donors (Lipinski definition) is 2. The lowest BCUT2D eigenvalue weighted by molar-refractivity contribution is 0.245. The molecule has 1 aromatic heterocycles. The minimum absolute atomic E-state index is 0.0391. The summed E-state index contributed by atoms with van der Waals surface area (Å²) in [6.45, 7) is 0.144. The minimum Gasteiger partial charge on any atom is -0.450 e. The van der Waals surface area contributed by atoms with Gasteiger partial charge in [0.15, 0.2) is 4.67 Å². The molecule has 16 heavy (non-hydrogen) atoms. The highest BCUT2D eigenvalue weighted by Crippen LogP contribution is 2.30. The molecule has 1 saturated carbocycles. The second-order valence-corrected chi connectivity index (χ2v) is 6.26. The van der Waals surface area contributed by atoms with Crippen molar-refractivity contribution in [2.75, 3.05) is 6.54 Å². The van der Waals surface area contributed by atoms with Gasteiger partial charge in [-0.15, -0.1) is 0 Å². The third-order valence-corrected chi connectivity index (χ3v) is 4.69. The minimum atomic E-state index is -3.54. The Hall–Kier alpha value is -0.370. The lowest BCUT2D eigenvalue weighted by Gasteiger charge is -2.03. The molecule has 7 heteroatoms. The van der Waals surface area contributed by atoms with E-state index in [4.69, 9.17) is 9.52 Å². The number of sulfonamides is 1. The van der Waals surface area contributed by atoms with Gasteiger partial charge in [-0.25, -0.2) is 13.1 Å². The first-order valence-electron chi connectivity index (χ1n) is 4.91. The first kappa shape index (κ1) is 12.1. The smallest absolute Gasteiger partial charge is 0.244 e. The summed E-state index contributed by atoms with van der Waals surface area (Å²) in [5.41, 5.74) is 0. The largest absolute Gasteiger partial charge is 0.450 e. The second-order valence-electron chi connectivity index (χ2n) is 3.80. The third-order valence-electron chi connectivity index (χ3n) is 2.41. The van der Waals surface area contributed by atoms with Crippen LogP contribution in [-0.4, -0.2) is 20.1 Å². The molecule has 0 radical (unpaired) electrons. The summed E-state index contributed by atoms with van der Waals surface area (Å²) in [5.74, 6) is 0.691. The van der Waals surface area contributed by atoms with Crippen molar-refractivity contribution in [1.82, 2.24) is 4.72 Å². The van der Waals surface area contributed by atoms with Gasteiger partial charge in [-0.2, -0.15) is 0 Å². The molecule has 0 saturated heterocycles. The van der Waals surface area contributed by atoms with E-state index in [-0.39, 0.29) is 21.9 Å². The molecule has 1 aliphatic rings. The standard InChI is InChI=1S/C9H12BrNO4S/c10-9-8(3-7(5-12)15-9)16(13,14)11-4-6-1-2-6/h3,6,11-12H,1-2,4-5H2. The molecule has 2 rings (SSSR count). The highest BCUT2D eigenvalue weighted by molar-refractivity contribution is 9.10. The van der Waals surface area contributed by atoms with E-state index in [9.17, 15) is 8.42 Å². The lowest BCUT2D eigenvalue weighted by Crippen LogP contribution is -2.25. The summed E-state index contributed by atoms with van der Waals surface area (Å²) < 4.78 is 31.3. The van der Waals surface area contributed by atoms with Crippen LogP contribution in [0.1, 0.15) is 18.6 Å². The van der Waals surface area contributed by atoms with Gasteiger partial charge in [-0.1, -0.05) is 0 Å². The van der Waals surface area contributed by atoms with Gasteiger partial charge >= 0.3 is 0 Å². The number of nitrogens with one attached hydrogen (secondary N) is 1. The molecule has 0 spiro atoms. The van der Waals surface area contributed by atoms with E-state index in [1.54, 1.807) is 0 Å². The van der Waals surface area contributed by atoms with Gasteiger partial charge in [0, 0.05) is 12.6 Å². The van der Waals surface area contributed by atoms with Gasteiger partial charge in [0.05, 0.1) is 0 Å². The van der Waals surface area contributed by atoms with Crippen LogP contribution in [0.25, 0.3) is 0 Å². The van der Waals surface area contributed by atoms with Crippen molar-refractivity contribution in [3.8, 4) is 0 Å². The van der Waals surface area contributed by atoms with Crippen molar-refractivity contribution in [3.05, 3.63) is 16.5 Å². The van der Waals surface area contributed by atoms with Crippen molar-refractivity contribution in [3.63, 3.8) is 0 Å². The number of hydrogen-bond acceptors (Lipinski definition) is 4. The zero-order chi connectivity index (χ0) is 11.8. The Labute approximate surface area is 102 Å². The van der Waals surface area contributed by atoms with E-state index in [1.165, 1.54) is 6.07 Å². The predicted octanol–water partition coefficient (Wildman–Crippen LogP) is 1.22. The lowest BCUT2D eigenvalue weighted by atomic mass is 10.4. The zero-order valence-electron chi connectivity index (χ0n) is 8.44. The van der Waals surface area contributed by atoms with E-state index in [0.29, 0.717) is 12.5 Å². The summed E-state index contributed by atoms with van der Waals surface area (Å²) in [6, 6.07) is 1.32. The van der Waals surface area contributed by atoms with Crippen LogP contribution in [0.4, 0.5) is 0 Å². The van der Waals surface area contributed by atoms with Gasteiger partial charge < -0.3 is 9.52 Å². The maximum absolute atomic E-state index is 11.8. The van der Waals surface area contributed by atoms with Gasteiger partial charge in [0.1, 0.15) is 17.3 Å². The summed E-state index contributed by atoms with van der Waals surface area (Å²) in [7, 11) is -3.54. The molecule has 0 unspecified atom stereocenters. The van der Waals surface area contributed by atoms with Crippen molar-refractivity contribution in [1.29, 1.82) is 0 Å². The summed E-state index contributed by atoms with van der Waals surface area (Å²) in [5, 5.41) is 8.84. The van der Waals surface area contributed by atoms with Crippen LogP contribution in [0.5, 0.6) is 0 Å². The van der Waals surface area contributed by atoms with Gasteiger partial charge in [-0.3, -0.25) is 0 Å². The molecule has 2 N–H and O–H groups in total. The fourth-order valence-electron chi connectivity index (χ4n) is 1.29. The van der Waals surface area contributed by atoms with Crippen LogP contribution in [0.15, 0.2) is 20.0 Å². The van der Waals surface area contributed by atoms with Gasteiger partial charge in [-0.05, 0) is 34.7 Å². The predicted molar refractivity (Wildman–Crippen MR) is 60.2 cm³/mol. The maximum atomic E-state index is 11.8. The molecule has 1 fully saturated rings. The van der Waals surface area contributed by atoms with Crippen molar-refractivity contribution < 1.29 is 17.9 Å². The van der Waals surface area contributed by atoms with Crippen LogP contribution in [0.3, 0.4) is 0 Å². The van der Waals surface area contributed by atoms with Crippen LogP contribution in [0, 0.1) is 5.92 Å². The molecule has 5 nitrogen and oxygen atoms in total. The quantitative estimate of drug-likeness (QED) is 0.857. The Kier molecular flexibility index (Phi) is 3.39.